The molecule has 6 heteroatoms. The van der Waals surface area contributed by atoms with Crippen molar-refractivity contribution in [1.29, 1.82) is 0 Å². The van der Waals surface area contributed by atoms with E-state index >= 15 is 0 Å². The van der Waals surface area contributed by atoms with E-state index in [-0.39, 0.29) is 0 Å². The van der Waals surface area contributed by atoms with Crippen LogP contribution >= 0.6 is 23.0 Å². The van der Waals surface area contributed by atoms with Crippen LogP contribution in [0.2, 0.25) is 0 Å². The van der Waals surface area contributed by atoms with Crippen molar-refractivity contribution in [3.8, 4) is 0 Å². The van der Waals surface area contributed by atoms with Crippen LogP contribution in [-0.4, -0.2) is 28.6 Å². The summed E-state index contributed by atoms with van der Waals surface area (Å²) in [6.45, 7) is 1.40. The Morgan fingerprint density at radius 2 is 2.30 bits per heavy atom. The van der Waals surface area contributed by atoms with Crippen LogP contribution in [0, 0.1) is 0 Å². The summed E-state index contributed by atoms with van der Waals surface area (Å²) in [5.74, 6) is -1.03. The smallest absolute Gasteiger partial charge is 0.320 e. The number of hydrogen-bond acceptors (Lipinski definition) is 4. The quantitative estimate of drug-likeness (QED) is 0.478. The van der Waals surface area contributed by atoms with Gasteiger partial charge in [0, 0.05) is 0 Å². The van der Waals surface area contributed by atoms with Gasteiger partial charge < -0.3 is 10.2 Å². The molecule has 0 aliphatic heterocycles. The summed E-state index contributed by atoms with van der Waals surface area (Å²) < 4.78 is 4.32. The molecule has 60 valence electrons. The summed E-state index contributed by atoms with van der Waals surface area (Å²) in [5.41, 5.74) is 0. The molecular formula is C4H8INO4. The zero-order chi connectivity index (χ0) is 8.15. The molecule has 0 spiro atoms. The summed E-state index contributed by atoms with van der Waals surface area (Å²) >= 11 is 1.46. The molecular weight excluding hydrogens is 253 g/mol. The van der Waals surface area contributed by atoms with Gasteiger partial charge in [-0.2, -0.15) is 0 Å². The van der Waals surface area contributed by atoms with Crippen LogP contribution in [0.1, 0.15) is 6.92 Å². The molecule has 0 heterocycles. The van der Waals surface area contributed by atoms with E-state index in [0.717, 1.165) is 0 Å². The number of carboxylic acids is 1. The topological polar surface area (TPSA) is 78.8 Å². The van der Waals surface area contributed by atoms with Crippen molar-refractivity contribution in [2.75, 3.05) is 0 Å². The van der Waals surface area contributed by atoms with E-state index in [2.05, 4.69) is 8.38 Å². The van der Waals surface area contributed by atoms with Gasteiger partial charge in [-0.15, -0.1) is 0 Å². The lowest BCUT2D eigenvalue weighted by Gasteiger charge is -2.11. The number of carbonyl (C=O) groups is 1. The minimum Gasteiger partial charge on any atom is -0.480 e. The van der Waals surface area contributed by atoms with Gasteiger partial charge in [0.15, 0.2) is 0 Å². The van der Waals surface area contributed by atoms with E-state index in [4.69, 9.17) is 10.2 Å². The van der Waals surface area contributed by atoms with Crippen molar-refractivity contribution < 1.29 is 18.1 Å². The normalized spacial score (nSPS) is 16.3. The number of aliphatic hydroxyl groups excluding tert-OH is 1. The first-order chi connectivity index (χ1) is 4.57. The second kappa shape index (κ2) is 4.83. The Kier molecular flexibility index (Phi) is 4.87. The van der Waals surface area contributed by atoms with Crippen molar-refractivity contribution in [2.24, 2.45) is 0 Å². The lowest BCUT2D eigenvalue weighted by molar-refractivity contribution is -0.141. The third kappa shape index (κ3) is 3.99. The van der Waals surface area contributed by atoms with Crippen LogP contribution in [0.15, 0.2) is 0 Å². The third-order valence-electron chi connectivity index (χ3n) is 0.847. The predicted molar refractivity (Wildman–Crippen MR) is 41.3 cm³/mol. The monoisotopic (exact) mass is 261 g/mol. The Labute approximate surface area is 72.1 Å². The highest BCUT2D eigenvalue weighted by molar-refractivity contribution is 14.1. The van der Waals surface area contributed by atoms with Gasteiger partial charge in [0.25, 0.3) is 0 Å². The molecule has 0 radical (unpaired) electrons. The Balaban J connectivity index is 3.56. The van der Waals surface area contributed by atoms with Crippen molar-refractivity contribution in [3.63, 3.8) is 0 Å². The van der Waals surface area contributed by atoms with Crippen LogP contribution in [0.3, 0.4) is 0 Å². The van der Waals surface area contributed by atoms with Gasteiger partial charge in [-0.3, -0.25) is 13.2 Å². The van der Waals surface area contributed by atoms with Gasteiger partial charge in [-0.25, -0.2) is 0 Å². The molecule has 0 fully saturated rings. The summed E-state index contributed by atoms with van der Waals surface area (Å²) in [5, 5.41) is 19.2. The Bertz CT molecular complexity index is 120. The Morgan fingerprint density at radius 1 is 1.80 bits per heavy atom. The molecule has 0 amide bonds. The highest BCUT2D eigenvalue weighted by Gasteiger charge is 2.13. The molecule has 2 atom stereocenters. The first kappa shape index (κ1) is 10.1. The second-order valence-corrected chi connectivity index (χ2v) is 2.18. The number of hydrogen-bond donors (Lipinski definition) is 3. The van der Waals surface area contributed by atoms with Crippen molar-refractivity contribution >= 4 is 29.0 Å². The number of aliphatic hydroxyl groups is 1. The first-order valence-corrected chi connectivity index (χ1v) is 3.40. The lowest BCUT2D eigenvalue weighted by atomic mass is 10.3. The maximum atomic E-state index is 10.1. The predicted octanol–water partition coefficient (Wildman–Crippen LogP) is -0.308. The van der Waals surface area contributed by atoms with Crippen LogP contribution in [0.25, 0.3) is 0 Å². The Morgan fingerprint density at radius 3 is 2.60 bits per heavy atom. The number of halogens is 1. The molecule has 0 saturated heterocycles. The van der Waals surface area contributed by atoms with E-state index in [1.807, 2.05) is 0 Å². The number of aliphatic carboxylic acids is 1. The zero-order valence-electron chi connectivity index (χ0n) is 5.24. The SMILES string of the molecule is C[C@H](NC(O)OI)C(=O)O. The molecule has 0 aliphatic rings. The zero-order valence-corrected chi connectivity index (χ0v) is 7.40. The summed E-state index contributed by atoms with van der Waals surface area (Å²) in [6.07, 6.45) is -1.23. The first-order valence-electron chi connectivity index (χ1n) is 2.52. The average molecular weight is 261 g/mol. The van der Waals surface area contributed by atoms with Crippen molar-refractivity contribution in [3.05, 3.63) is 0 Å². The minimum atomic E-state index is -1.23. The molecule has 3 N–H and O–H groups in total. The van der Waals surface area contributed by atoms with Gasteiger partial charge in [-0.05, 0) is 6.92 Å². The fourth-order valence-corrected chi connectivity index (χ4v) is 0.458. The molecule has 0 aromatic heterocycles. The molecule has 1 unspecified atom stereocenters. The van der Waals surface area contributed by atoms with Crippen molar-refractivity contribution in [2.45, 2.75) is 19.4 Å². The fraction of sp³-hybridized carbons (Fsp3) is 0.750. The molecule has 0 aliphatic carbocycles. The minimum absolute atomic E-state index is 0.815. The number of nitrogens with one attached hydrogen (secondary N) is 1. The van der Waals surface area contributed by atoms with E-state index in [1.54, 1.807) is 0 Å². The maximum Gasteiger partial charge on any atom is 0.320 e. The molecule has 0 bridgehead atoms. The third-order valence-corrected chi connectivity index (χ3v) is 1.33. The Hall–Kier alpha value is 0.0800. The number of rotatable bonds is 4. The van der Waals surface area contributed by atoms with E-state index < -0.39 is 18.4 Å². The molecule has 0 rings (SSSR count). The summed E-state index contributed by atoms with van der Waals surface area (Å²) in [7, 11) is 0. The van der Waals surface area contributed by atoms with Crippen molar-refractivity contribution in [1.82, 2.24) is 5.32 Å². The second-order valence-electron chi connectivity index (χ2n) is 1.67. The van der Waals surface area contributed by atoms with Crippen LogP contribution in [0.4, 0.5) is 0 Å². The molecule has 0 aromatic rings. The van der Waals surface area contributed by atoms with Gasteiger partial charge in [0.2, 0.25) is 6.41 Å². The molecule has 0 aromatic carbocycles. The van der Waals surface area contributed by atoms with E-state index in [9.17, 15) is 4.79 Å². The lowest BCUT2D eigenvalue weighted by Crippen LogP contribution is -2.41. The van der Waals surface area contributed by atoms with Crippen LogP contribution < -0.4 is 5.32 Å². The van der Waals surface area contributed by atoms with Crippen LogP contribution in [0.5, 0.6) is 0 Å². The maximum absolute atomic E-state index is 10.1. The largest absolute Gasteiger partial charge is 0.480 e. The summed E-state index contributed by atoms with van der Waals surface area (Å²) in [4.78, 5) is 10.1. The number of carboxylic acid groups (broad SMARTS) is 1. The highest BCUT2D eigenvalue weighted by Crippen LogP contribution is 1.92. The highest BCUT2D eigenvalue weighted by atomic mass is 127. The average Bonchev–Trinajstić information content (AvgIpc) is 1.87. The van der Waals surface area contributed by atoms with E-state index in [0.29, 0.717) is 0 Å². The van der Waals surface area contributed by atoms with Gasteiger partial charge in [-0.1, -0.05) is 0 Å². The van der Waals surface area contributed by atoms with Crippen LogP contribution in [-0.2, 0) is 7.86 Å². The van der Waals surface area contributed by atoms with Gasteiger partial charge in [0.05, 0.1) is 0 Å². The van der Waals surface area contributed by atoms with Gasteiger partial charge >= 0.3 is 5.97 Å². The van der Waals surface area contributed by atoms with Gasteiger partial charge in [0.1, 0.15) is 29.0 Å². The standard InChI is InChI=1S/C4H8INO4/c1-2(3(7)8)6-4(9)10-5/h2,4,6,9H,1H3,(H,7,8)/t2-,4?/m0/s1. The summed E-state index contributed by atoms with van der Waals surface area (Å²) in [6, 6.07) is -0.815. The molecule has 0 saturated carbocycles. The van der Waals surface area contributed by atoms with E-state index in [1.165, 1.54) is 29.9 Å². The fourth-order valence-electron chi connectivity index (χ4n) is 0.311. The molecule has 10 heavy (non-hydrogen) atoms. The molecule has 5 nitrogen and oxygen atoms in total.